The molecule has 0 aliphatic rings. The SMILES string of the molecule is Nc1ncc(COc2ccc(F)cc2F)s1. The zero-order valence-corrected chi connectivity index (χ0v) is 8.93. The van der Waals surface area contributed by atoms with Gasteiger partial charge in [0.05, 0.1) is 4.88 Å². The minimum atomic E-state index is -0.725. The van der Waals surface area contributed by atoms with Crippen molar-refractivity contribution in [2.45, 2.75) is 6.61 Å². The van der Waals surface area contributed by atoms with Crippen molar-refractivity contribution in [3.8, 4) is 5.75 Å². The topological polar surface area (TPSA) is 48.1 Å². The second-order valence-corrected chi connectivity index (χ2v) is 4.18. The van der Waals surface area contributed by atoms with Crippen LogP contribution >= 0.6 is 11.3 Å². The molecule has 0 atom stereocenters. The van der Waals surface area contributed by atoms with Crippen molar-refractivity contribution < 1.29 is 13.5 Å². The van der Waals surface area contributed by atoms with Gasteiger partial charge in [-0.25, -0.2) is 13.8 Å². The van der Waals surface area contributed by atoms with Crippen LogP contribution in [0.1, 0.15) is 4.88 Å². The fraction of sp³-hybridized carbons (Fsp3) is 0.100. The van der Waals surface area contributed by atoms with E-state index in [0.29, 0.717) is 5.13 Å². The lowest BCUT2D eigenvalue weighted by molar-refractivity contribution is 0.292. The molecule has 0 aliphatic heterocycles. The first-order chi connectivity index (χ1) is 7.65. The molecular formula is C10H8F2N2OS. The Balaban J connectivity index is 2.04. The van der Waals surface area contributed by atoms with Crippen molar-refractivity contribution >= 4 is 16.5 Å². The van der Waals surface area contributed by atoms with Crippen molar-refractivity contribution in [3.63, 3.8) is 0 Å². The Bertz CT molecular complexity index is 501. The fourth-order valence-corrected chi connectivity index (χ4v) is 1.73. The van der Waals surface area contributed by atoms with Crippen LogP contribution in [0.15, 0.2) is 24.4 Å². The molecular weight excluding hydrogens is 234 g/mol. The number of aromatic nitrogens is 1. The molecule has 2 aromatic rings. The maximum atomic E-state index is 13.2. The van der Waals surface area contributed by atoms with E-state index in [4.69, 9.17) is 10.5 Å². The van der Waals surface area contributed by atoms with Crippen LogP contribution in [0, 0.1) is 11.6 Å². The molecule has 3 nitrogen and oxygen atoms in total. The molecule has 0 unspecified atom stereocenters. The first-order valence-electron chi connectivity index (χ1n) is 4.43. The number of hydrogen-bond donors (Lipinski definition) is 1. The molecule has 0 radical (unpaired) electrons. The normalized spacial score (nSPS) is 10.4. The van der Waals surface area contributed by atoms with Crippen molar-refractivity contribution in [3.05, 3.63) is 40.9 Å². The summed E-state index contributed by atoms with van der Waals surface area (Å²) in [5.74, 6) is -1.35. The summed E-state index contributed by atoms with van der Waals surface area (Å²) in [6.07, 6.45) is 1.56. The number of rotatable bonds is 3. The molecule has 1 heterocycles. The molecule has 0 saturated heterocycles. The van der Waals surface area contributed by atoms with Gasteiger partial charge in [0.1, 0.15) is 12.4 Å². The third-order valence-electron chi connectivity index (χ3n) is 1.84. The van der Waals surface area contributed by atoms with Crippen LogP contribution in [0.5, 0.6) is 5.75 Å². The third-order valence-corrected chi connectivity index (χ3v) is 2.64. The molecule has 16 heavy (non-hydrogen) atoms. The summed E-state index contributed by atoms with van der Waals surface area (Å²) in [6, 6.07) is 3.16. The molecule has 0 aliphatic carbocycles. The minimum Gasteiger partial charge on any atom is -0.485 e. The van der Waals surface area contributed by atoms with Gasteiger partial charge in [0, 0.05) is 12.3 Å². The first-order valence-corrected chi connectivity index (χ1v) is 5.25. The van der Waals surface area contributed by atoms with Crippen LogP contribution in [0.25, 0.3) is 0 Å². The van der Waals surface area contributed by atoms with Crippen LogP contribution in [0.4, 0.5) is 13.9 Å². The van der Waals surface area contributed by atoms with Crippen LogP contribution in [0.3, 0.4) is 0 Å². The summed E-state index contributed by atoms with van der Waals surface area (Å²) in [4.78, 5) is 4.61. The van der Waals surface area contributed by atoms with Crippen LogP contribution in [-0.4, -0.2) is 4.98 Å². The van der Waals surface area contributed by atoms with Crippen LogP contribution in [-0.2, 0) is 6.61 Å². The van der Waals surface area contributed by atoms with Gasteiger partial charge < -0.3 is 10.5 Å². The van der Waals surface area contributed by atoms with Gasteiger partial charge in [0.2, 0.25) is 0 Å². The molecule has 2 N–H and O–H groups in total. The lowest BCUT2D eigenvalue weighted by atomic mass is 10.3. The lowest BCUT2D eigenvalue weighted by Gasteiger charge is -2.04. The second-order valence-electron chi connectivity index (χ2n) is 3.03. The number of hydrogen-bond acceptors (Lipinski definition) is 4. The van der Waals surface area contributed by atoms with E-state index in [-0.39, 0.29) is 12.4 Å². The highest BCUT2D eigenvalue weighted by Gasteiger charge is 2.06. The van der Waals surface area contributed by atoms with Crippen LogP contribution < -0.4 is 10.5 Å². The maximum absolute atomic E-state index is 13.2. The monoisotopic (exact) mass is 242 g/mol. The highest BCUT2D eigenvalue weighted by atomic mass is 32.1. The highest BCUT2D eigenvalue weighted by molar-refractivity contribution is 7.15. The molecule has 0 fully saturated rings. The van der Waals surface area contributed by atoms with E-state index in [1.807, 2.05) is 0 Å². The Kier molecular flexibility index (Phi) is 3.00. The summed E-state index contributed by atoms with van der Waals surface area (Å²) >= 11 is 1.26. The predicted octanol–water partition coefficient (Wildman–Crippen LogP) is 2.58. The summed E-state index contributed by atoms with van der Waals surface area (Å²) < 4.78 is 30.9. The zero-order valence-electron chi connectivity index (χ0n) is 8.11. The minimum absolute atomic E-state index is 0.00775. The molecule has 0 spiro atoms. The van der Waals surface area contributed by atoms with E-state index in [9.17, 15) is 8.78 Å². The zero-order chi connectivity index (χ0) is 11.5. The number of nitrogens with zero attached hydrogens (tertiary/aromatic N) is 1. The van der Waals surface area contributed by atoms with E-state index in [0.717, 1.165) is 17.0 Å². The van der Waals surface area contributed by atoms with Gasteiger partial charge in [-0.15, -0.1) is 0 Å². The maximum Gasteiger partial charge on any atom is 0.180 e. The van der Waals surface area contributed by atoms with Crippen molar-refractivity contribution in [2.24, 2.45) is 0 Å². The van der Waals surface area contributed by atoms with Gasteiger partial charge in [0.15, 0.2) is 16.7 Å². The first kappa shape index (κ1) is 10.8. The van der Waals surface area contributed by atoms with Gasteiger partial charge in [-0.05, 0) is 12.1 Å². The third kappa shape index (κ3) is 2.46. The highest BCUT2D eigenvalue weighted by Crippen LogP contribution is 2.21. The molecule has 0 amide bonds. The molecule has 2 rings (SSSR count). The average molecular weight is 242 g/mol. The lowest BCUT2D eigenvalue weighted by Crippen LogP contribution is -1.95. The quantitative estimate of drug-likeness (QED) is 0.899. The summed E-state index contributed by atoms with van der Waals surface area (Å²) in [5, 5.41) is 0.429. The van der Waals surface area contributed by atoms with Gasteiger partial charge in [-0.3, -0.25) is 0 Å². The number of benzene rings is 1. The van der Waals surface area contributed by atoms with Gasteiger partial charge in [-0.2, -0.15) is 0 Å². The van der Waals surface area contributed by atoms with Crippen molar-refractivity contribution in [1.29, 1.82) is 0 Å². The van der Waals surface area contributed by atoms with Crippen LogP contribution in [0.2, 0.25) is 0 Å². The Labute approximate surface area is 94.5 Å². The van der Waals surface area contributed by atoms with Gasteiger partial charge in [0.25, 0.3) is 0 Å². The fourth-order valence-electron chi connectivity index (χ4n) is 1.13. The average Bonchev–Trinajstić information content (AvgIpc) is 2.63. The molecule has 1 aromatic heterocycles. The number of ether oxygens (including phenoxy) is 1. The van der Waals surface area contributed by atoms with Gasteiger partial charge in [-0.1, -0.05) is 11.3 Å². The summed E-state index contributed by atoms with van der Waals surface area (Å²) in [7, 11) is 0. The van der Waals surface area contributed by atoms with E-state index >= 15 is 0 Å². The summed E-state index contributed by atoms with van der Waals surface area (Å²) in [5.41, 5.74) is 5.43. The number of anilines is 1. The van der Waals surface area contributed by atoms with E-state index < -0.39 is 11.6 Å². The Morgan fingerprint density at radius 3 is 2.81 bits per heavy atom. The van der Waals surface area contributed by atoms with E-state index in [1.165, 1.54) is 17.4 Å². The van der Waals surface area contributed by atoms with E-state index in [1.54, 1.807) is 6.20 Å². The smallest absolute Gasteiger partial charge is 0.180 e. The Morgan fingerprint density at radius 1 is 1.38 bits per heavy atom. The molecule has 6 heteroatoms. The Hall–Kier alpha value is -1.69. The van der Waals surface area contributed by atoms with Crippen molar-refractivity contribution in [1.82, 2.24) is 4.98 Å². The molecule has 84 valence electrons. The molecule has 0 saturated carbocycles. The number of nitrogen functional groups attached to an aromatic ring is 1. The predicted molar refractivity (Wildman–Crippen MR) is 57.2 cm³/mol. The molecule has 1 aromatic carbocycles. The van der Waals surface area contributed by atoms with E-state index in [2.05, 4.69) is 4.98 Å². The van der Waals surface area contributed by atoms with Crippen molar-refractivity contribution in [2.75, 3.05) is 5.73 Å². The number of halogens is 2. The number of thiazole rings is 1. The number of nitrogens with two attached hydrogens (primary N) is 1. The standard InChI is InChI=1S/C10H8F2N2OS/c11-6-1-2-9(8(12)3-6)15-5-7-4-14-10(13)16-7/h1-4H,5H2,(H2,13,14). The molecule has 0 bridgehead atoms. The second kappa shape index (κ2) is 4.44. The Morgan fingerprint density at radius 2 is 2.19 bits per heavy atom. The van der Waals surface area contributed by atoms with Gasteiger partial charge >= 0.3 is 0 Å². The summed E-state index contributed by atoms with van der Waals surface area (Å²) in [6.45, 7) is 0.164. The largest absolute Gasteiger partial charge is 0.485 e.